The summed E-state index contributed by atoms with van der Waals surface area (Å²) in [5, 5.41) is 23.9. The highest BCUT2D eigenvalue weighted by Crippen LogP contribution is 2.37. The molecule has 0 saturated heterocycles. The van der Waals surface area contributed by atoms with Crippen LogP contribution in [-0.4, -0.2) is 22.3 Å². The number of nitrogens with one attached hydrogen (secondary N) is 1. The lowest BCUT2D eigenvalue weighted by Crippen LogP contribution is -2.45. The minimum absolute atomic E-state index is 0. The maximum absolute atomic E-state index is 10.6. The van der Waals surface area contributed by atoms with Gasteiger partial charge in [0.1, 0.15) is 5.75 Å². The van der Waals surface area contributed by atoms with E-state index in [0.717, 1.165) is 24.0 Å². The number of rotatable bonds is 2. The van der Waals surface area contributed by atoms with E-state index in [1.165, 1.54) is 32.1 Å². The number of hydrogen-bond acceptors (Lipinski definition) is 4. The lowest BCUT2D eigenvalue weighted by Gasteiger charge is -2.35. The van der Waals surface area contributed by atoms with Crippen molar-refractivity contribution in [2.24, 2.45) is 0 Å². The van der Waals surface area contributed by atoms with Crippen LogP contribution in [0.15, 0.2) is 12.1 Å². The largest absolute Gasteiger partial charge is 0.506 e. The first-order valence-corrected chi connectivity index (χ1v) is 7.71. The summed E-state index contributed by atoms with van der Waals surface area (Å²) in [4.78, 5) is 0. The van der Waals surface area contributed by atoms with Crippen LogP contribution in [0.2, 0.25) is 0 Å². The zero-order valence-electron chi connectivity index (χ0n) is 12.2. The van der Waals surface area contributed by atoms with E-state index in [1.54, 1.807) is 12.1 Å². The molecule has 0 radical (unpaired) electrons. The van der Waals surface area contributed by atoms with Crippen LogP contribution in [0, 0.1) is 0 Å². The van der Waals surface area contributed by atoms with Crippen molar-refractivity contribution in [3.05, 3.63) is 23.3 Å². The topological polar surface area (TPSA) is 78.5 Å². The fourth-order valence-electron chi connectivity index (χ4n) is 3.65. The molecule has 0 amide bonds. The van der Waals surface area contributed by atoms with Crippen LogP contribution in [0.3, 0.4) is 0 Å². The number of phenols is 1. The summed E-state index contributed by atoms with van der Waals surface area (Å²) in [5.74, 6) is 0.120. The Morgan fingerprint density at radius 1 is 1.10 bits per heavy atom. The quantitative estimate of drug-likeness (QED) is 0.500. The molecule has 1 saturated carbocycles. The van der Waals surface area contributed by atoms with Gasteiger partial charge in [0.2, 0.25) is 0 Å². The highest BCUT2D eigenvalue weighted by molar-refractivity contribution is 5.85. The van der Waals surface area contributed by atoms with Crippen LogP contribution < -0.4 is 11.1 Å². The molecule has 118 valence electrons. The van der Waals surface area contributed by atoms with Crippen molar-refractivity contribution >= 4 is 18.1 Å². The number of aliphatic hydroxyl groups excluding tert-OH is 1. The average molecular weight is 313 g/mol. The van der Waals surface area contributed by atoms with Gasteiger partial charge in [-0.25, -0.2) is 0 Å². The lowest BCUT2D eigenvalue weighted by atomic mass is 9.83. The van der Waals surface area contributed by atoms with Gasteiger partial charge < -0.3 is 21.3 Å². The summed E-state index contributed by atoms with van der Waals surface area (Å²) >= 11 is 0. The van der Waals surface area contributed by atoms with Gasteiger partial charge >= 0.3 is 0 Å². The summed E-state index contributed by atoms with van der Waals surface area (Å²) in [6.07, 6.45) is 7.51. The van der Waals surface area contributed by atoms with Crippen LogP contribution in [0.5, 0.6) is 5.75 Å². The van der Waals surface area contributed by atoms with E-state index >= 15 is 0 Å². The molecule has 1 aromatic carbocycles. The van der Waals surface area contributed by atoms with E-state index in [1.807, 2.05) is 0 Å². The zero-order valence-corrected chi connectivity index (χ0v) is 13.0. The van der Waals surface area contributed by atoms with Crippen LogP contribution >= 0.6 is 12.4 Å². The Bertz CT molecular complexity index is 489. The molecule has 2 atom stereocenters. The second-order valence-electron chi connectivity index (χ2n) is 6.16. The molecule has 0 heterocycles. The van der Waals surface area contributed by atoms with Crippen molar-refractivity contribution in [2.45, 2.75) is 63.1 Å². The standard InChI is InChI=1S/C16H24N2O2.ClH/c17-15-11-6-8-13(18-10-4-2-1-3-5-10)16(20)12(11)7-9-14(15)19;/h7,9-10,13,16,18-20H,1-6,8,17H2;1H. The van der Waals surface area contributed by atoms with Crippen molar-refractivity contribution < 1.29 is 10.2 Å². The van der Waals surface area contributed by atoms with Crippen molar-refractivity contribution in [3.63, 3.8) is 0 Å². The first-order chi connectivity index (χ1) is 9.66. The minimum Gasteiger partial charge on any atom is -0.506 e. The fraction of sp³-hybridized carbons (Fsp3) is 0.625. The summed E-state index contributed by atoms with van der Waals surface area (Å²) in [7, 11) is 0. The number of phenolic OH excluding ortho intramolecular Hbond substituents is 1. The van der Waals surface area contributed by atoms with Gasteiger partial charge in [-0.05, 0) is 42.9 Å². The van der Waals surface area contributed by atoms with Crippen molar-refractivity contribution in [1.82, 2.24) is 5.32 Å². The number of halogens is 1. The molecule has 1 fully saturated rings. The number of nitrogens with two attached hydrogens (primary N) is 1. The van der Waals surface area contributed by atoms with Gasteiger partial charge in [-0.2, -0.15) is 0 Å². The van der Waals surface area contributed by atoms with E-state index in [9.17, 15) is 10.2 Å². The number of hydrogen-bond donors (Lipinski definition) is 4. The smallest absolute Gasteiger partial charge is 0.138 e. The highest BCUT2D eigenvalue weighted by atomic mass is 35.5. The molecule has 5 N–H and O–H groups in total. The summed E-state index contributed by atoms with van der Waals surface area (Å²) < 4.78 is 0. The number of aliphatic hydroxyl groups is 1. The molecule has 2 aliphatic carbocycles. The number of nitrogen functional groups attached to an aromatic ring is 1. The zero-order chi connectivity index (χ0) is 14.1. The molecule has 4 nitrogen and oxygen atoms in total. The minimum atomic E-state index is -0.524. The van der Waals surface area contributed by atoms with Crippen molar-refractivity contribution in [2.75, 3.05) is 5.73 Å². The second kappa shape index (κ2) is 6.86. The molecule has 0 aromatic heterocycles. The van der Waals surface area contributed by atoms with E-state index < -0.39 is 6.10 Å². The SMILES string of the molecule is Cl.Nc1c(O)ccc2c1CCC(NC1CCCCC1)C2O. The fourth-order valence-corrected chi connectivity index (χ4v) is 3.65. The maximum Gasteiger partial charge on any atom is 0.138 e. The number of aromatic hydroxyl groups is 1. The van der Waals surface area contributed by atoms with Gasteiger partial charge in [0, 0.05) is 12.1 Å². The third-order valence-corrected chi connectivity index (χ3v) is 4.83. The van der Waals surface area contributed by atoms with Crippen LogP contribution in [-0.2, 0) is 6.42 Å². The van der Waals surface area contributed by atoms with E-state index in [4.69, 9.17) is 5.73 Å². The van der Waals surface area contributed by atoms with E-state index in [-0.39, 0.29) is 24.2 Å². The van der Waals surface area contributed by atoms with Gasteiger partial charge in [-0.15, -0.1) is 12.4 Å². The predicted octanol–water partition coefficient (Wildman–Crippen LogP) is 2.67. The molecule has 2 unspecified atom stereocenters. The lowest BCUT2D eigenvalue weighted by molar-refractivity contribution is 0.104. The molecule has 0 spiro atoms. The Labute approximate surface area is 132 Å². The first kappa shape index (κ1) is 16.4. The predicted molar refractivity (Wildman–Crippen MR) is 86.8 cm³/mol. The van der Waals surface area contributed by atoms with Crippen molar-refractivity contribution in [3.8, 4) is 5.75 Å². The molecule has 2 aliphatic rings. The van der Waals surface area contributed by atoms with Crippen LogP contribution in [0.4, 0.5) is 5.69 Å². The Kier molecular flexibility index (Phi) is 5.36. The molecular weight excluding hydrogens is 288 g/mol. The van der Waals surface area contributed by atoms with Crippen molar-refractivity contribution in [1.29, 1.82) is 0 Å². The Hall–Kier alpha value is -0.970. The summed E-state index contributed by atoms with van der Waals surface area (Å²) in [6.45, 7) is 0. The molecule has 1 aromatic rings. The normalized spacial score (nSPS) is 26.0. The third kappa shape index (κ3) is 3.28. The van der Waals surface area contributed by atoms with Crippen LogP contribution in [0.1, 0.15) is 55.8 Å². The second-order valence-corrected chi connectivity index (χ2v) is 6.16. The number of anilines is 1. The molecular formula is C16H25ClN2O2. The summed E-state index contributed by atoms with van der Waals surface area (Å²) in [5.41, 5.74) is 8.13. The van der Waals surface area contributed by atoms with E-state index in [2.05, 4.69) is 5.32 Å². The molecule has 21 heavy (non-hydrogen) atoms. The third-order valence-electron chi connectivity index (χ3n) is 4.83. The number of fused-ring (bicyclic) bond motifs is 1. The summed E-state index contributed by atoms with van der Waals surface area (Å²) in [6, 6.07) is 4.04. The molecule has 3 rings (SSSR count). The van der Waals surface area contributed by atoms with E-state index in [0.29, 0.717) is 11.7 Å². The van der Waals surface area contributed by atoms with Gasteiger partial charge in [0.25, 0.3) is 0 Å². The highest BCUT2D eigenvalue weighted by Gasteiger charge is 2.31. The monoisotopic (exact) mass is 312 g/mol. The van der Waals surface area contributed by atoms with Gasteiger partial charge in [0.05, 0.1) is 11.8 Å². The Morgan fingerprint density at radius 2 is 1.81 bits per heavy atom. The van der Waals surface area contributed by atoms with Gasteiger partial charge in [-0.3, -0.25) is 0 Å². The molecule has 0 bridgehead atoms. The molecule has 0 aliphatic heterocycles. The maximum atomic E-state index is 10.6. The van der Waals surface area contributed by atoms with Crippen LogP contribution in [0.25, 0.3) is 0 Å². The van der Waals surface area contributed by atoms with Gasteiger partial charge in [0.15, 0.2) is 0 Å². The first-order valence-electron chi connectivity index (χ1n) is 7.71. The Morgan fingerprint density at radius 3 is 2.52 bits per heavy atom. The van der Waals surface area contributed by atoms with Gasteiger partial charge in [-0.1, -0.05) is 25.3 Å². The Balaban J connectivity index is 0.00000161. The molecule has 5 heteroatoms. The average Bonchev–Trinajstić information content (AvgIpc) is 2.47. The number of benzene rings is 1.